The molecule has 1 aromatic heterocycles. The minimum Gasteiger partial charge on any atom is -0.398 e. The zero-order valence-electron chi connectivity index (χ0n) is 9.67. The van der Waals surface area contributed by atoms with Gasteiger partial charge in [0, 0.05) is 39.9 Å². The van der Waals surface area contributed by atoms with Crippen molar-refractivity contribution in [1.29, 1.82) is 0 Å². The number of nitrogen functional groups attached to an aromatic ring is 1. The molecule has 0 amide bonds. The van der Waals surface area contributed by atoms with Crippen molar-refractivity contribution < 1.29 is 12.6 Å². The van der Waals surface area contributed by atoms with Gasteiger partial charge in [0.15, 0.2) is 0 Å². The Bertz CT molecular complexity index is 495. The highest BCUT2D eigenvalue weighted by Crippen LogP contribution is 2.21. The van der Waals surface area contributed by atoms with Crippen LogP contribution in [0.25, 0.3) is 0 Å². The van der Waals surface area contributed by atoms with Crippen LogP contribution >= 0.6 is 11.3 Å². The van der Waals surface area contributed by atoms with E-state index in [9.17, 15) is 12.6 Å². The van der Waals surface area contributed by atoms with Gasteiger partial charge in [-0.1, -0.05) is 6.92 Å². The van der Waals surface area contributed by atoms with Crippen LogP contribution in [0.4, 0.5) is 5.69 Å². The highest BCUT2D eigenvalue weighted by atomic mass is 32.2. The molecule has 0 fully saturated rings. The molecule has 8 heteroatoms. The van der Waals surface area contributed by atoms with E-state index in [1.54, 1.807) is 11.6 Å². The fraction of sp³-hybridized carbons (Fsp3) is 0.556. The molecule has 0 spiro atoms. The number of hydrogen-bond acceptors (Lipinski definition) is 5. The van der Waals surface area contributed by atoms with E-state index in [2.05, 4.69) is 4.72 Å². The van der Waals surface area contributed by atoms with Gasteiger partial charge in [-0.05, 0) is 12.5 Å². The topological polar surface area (TPSA) is 89.3 Å². The summed E-state index contributed by atoms with van der Waals surface area (Å²) in [5.41, 5.74) is 5.91. The molecule has 5 nitrogen and oxygen atoms in total. The maximum Gasteiger partial charge on any atom is 0.250 e. The molecule has 2 unspecified atom stereocenters. The predicted octanol–water partition coefficient (Wildman–Crippen LogP) is 0.766. The van der Waals surface area contributed by atoms with Crippen molar-refractivity contribution >= 4 is 37.8 Å². The maximum absolute atomic E-state index is 11.8. The van der Waals surface area contributed by atoms with Crippen LogP contribution in [-0.4, -0.2) is 30.7 Å². The van der Waals surface area contributed by atoms with E-state index in [0.717, 1.165) is 11.3 Å². The molecule has 0 aliphatic carbocycles. The number of thiophene rings is 1. The van der Waals surface area contributed by atoms with Crippen LogP contribution in [0.5, 0.6) is 0 Å². The molecule has 0 bridgehead atoms. The quantitative estimate of drug-likeness (QED) is 0.811. The lowest BCUT2D eigenvalue weighted by Gasteiger charge is -2.08. The number of nitrogens with one attached hydrogen (secondary N) is 1. The van der Waals surface area contributed by atoms with Crippen molar-refractivity contribution in [3.05, 3.63) is 11.4 Å². The molecule has 1 rings (SSSR count). The van der Waals surface area contributed by atoms with E-state index in [4.69, 9.17) is 5.73 Å². The molecule has 2 atom stereocenters. The number of hydrogen-bond donors (Lipinski definition) is 2. The van der Waals surface area contributed by atoms with Gasteiger partial charge in [-0.15, -0.1) is 11.3 Å². The molecule has 0 saturated carbocycles. The van der Waals surface area contributed by atoms with Crippen molar-refractivity contribution in [3.8, 4) is 0 Å². The van der Waals surface area contributed by atoms with Gasteiger partial charge in [0.25, 0.3) is 0 Å². The third kappa shape index (κ3) is 4.38. The predicted molar refractivity (Wildman–Crippen MR) is 72.1 cm³/mol. The molecule has 0 aliphatic rings. The van der Waals surface area contributed by atoms with Crippen LogP contribution in [0.2, 0.25) is 0 Å². The lowest BCUT2D eigenvalue weighted by atomic mass is 10.3. The smallest absolute Gasteiger partial charge is 0.250 e. The Morgan fingerprint density at radius 3 is 2.71 bits per heavy atom. The van der Waals surface area contributed by atoms with Gasteiger partial charge in [0.05, 0.1) is 0 Å². The summed E-state index contributed by atoms with van der Waals surface area (Å²) in [6, 6.07) is 1.43. The third-order valence-electron chi connectivity index (χ3n) is 2.27. The second-order valence-corrected chi connectivity index (χ2v) is 8.40. The van der Waals surface area contributed by atoms with Crippen LogP contribution in [0, 0.1) is 0 Å². The number of nitrogens with two attached hydrogens (primary N) is 1. The van der Waals surface area contributed by atoms with Gasteiger partial charge < -0.3 is 5.73 Å². The molecule has 0 aliphatic heterocycles. The van der Waals surface area contributed by atoms with Crippen LogP contribution in [-0.2, 0) is 20.8 Å². The van der Waals surface area contributed by atoms with E-state index in [-0.39, 0.29) is 16.0 Å². The summed E-state index contributed by atoms with van der Waals surface area (Å²) < 4.78 is 37.3. The van der Waals surface area contributed by atoms with Gasteiger partial charge in [-0.2, -0.15) is 0 Å². The Morgan fingerprint density at radius 2 is 2.24 bits per heavy atom. The van der Waals surface area contributed by atoms with Gasteiger partial charge in [0.2, 0.25) is 10.0 Å². The largest absolute Gasteiger partial charge is 0.398 e. The summed E-state index contributed by atoms with van der Waals surface area (Å²) in [4.78, 5) is 0. The van der Waals surface area contributed by atoms with Crippen LogP contribution < -0.4 is 10.5 Å². The average Bonchev–Trinajstić information content (AvgIpc) is 2.65. The lowest BCUT2D eigenvalue weighted by molar-refractivity contribution is 0.580. The molecule has 0 radical (unpaired) electrons. The SMILES string of the molecule is CC(CCNS(=O)(=O)c1cc(N)cs1)S(C)=O. The number of rotatable bonds is 6. The summed E-state index contributed by atoms with van der Waals surface area (Å²) in [6.45, 7) is 2.11. The normalized spacial score (nSPS) is 15.6. The minimum atomic E-state index is -3.47. The molecule has 98 valence electrons. The second kappa shape index (κ2) is 5.94. The third-order valence-corrected chi connectivity index (χ3v) is 6.56. The van der Waals surface area contributed by atoms with E-state index < -0.39 is 20.8 Å². The summed E-state index contributed by atoms with van der Waals surface area (Å²) in [5, 5.41) is 1.56. The zero-order valence-corrected chi connectivity index (χ0v) is 12.1. The van der Waals surface area contributed by atoms with Gasteiger partial charge >= 0.3 is 0 Å². The first-order chi connectivity index (χ1) is 7.83. The summed E-state index contributed by atoms with van der Waals surface area (Å²) >= 11 is 1.09. The standard InChI is InChI=1S/C9H16N2O3S3/c1-7(16(2)12)3-4-11-17(13,14)9-5-8(10)6-15-9/h5-7,11H,3-4,10H2,1-2H3. The lowest BCUT2D eigenvalue weighted by Crippen LogP contribution is -2.27. The average molecular weight is 296 g/mol. The van der Waals surface area contributed by atoms with Gasteiger partial charge in [0.1, 0.15) is 4.21 Å². The summed E-state index contributed by atoms with van der Waals surface area (Å²) in [7, 11) is -4.40. The molecule has 1 heterocycles. The van der Waals surface area contributed by atoms with Crippen LogP contribution in [0.3, 0.4) is 0 Å². The van der Waals surface area contributed by atoms with Crippen LogP contribution in [0.1, 0.15) is 13.3 Å². The van der Waals surface area contributed by atoms with Crippen molar-refractivity contribution in [2.24, 2.45) is 0 Å². The molecule has 0 saturated heterocycles. The Kier molecular flexibility index (Phi) is 5.11. The Balaban J connectivity index is 2.54. The molecule has 17 heavy (non-hydrogen) atoms. The van der Waals surface area contributed by atoms with E-state index in [1.165, 1.54) is 6.07 Å². The maximum atomic E-state index is 11.8. The fourth-order valence-corrected chi connectivity index (χ4v) is 3.73. The first-order valence-corrected chi connectivity index (χ1v) is 8.97. The Hall–Kier alpha value is -0.440. The summed E-state index contributed by atoms with van der Waals surface area (Å²) in [6.07, 6.45) is 2.16. The van der Waals surface area contributed by atoms with Gasteiger partial charge in [-0.3, -0.25) is 4.21 Å². The fourth-order valence-electron chi connectivity index (χ4n) is 1.10. The highest BCUT2D eigenvalue weighted by Gasteiger charge is 2.16. The molecule has 0 aromatic carbocycles. The molecular formula is C9H16N2O3S3. The van der Waals surface area contributed by atoms with Crippen molar-refractivity contribution in [3.63, 3.8) is 0 Å². The van der Waals surface area contributed by atoms with Gasteiger partial charge in [-0.25, -0.2) is 13.1 Å². The molecule has 1 aromatic rings. The zero-order chi connectivity index (χ0) is 13.1. The second-order valence-electron chi connectivity index (χ2n) is 3.69. The van der Waals surface area contributed by atoms with E-state index >= 15 is 0 Å². The number of anilines is 1. The van der Waals surface area contributed by atoms with Crippen molar-refractivity contribution in [2.75, 3.05) is 18.5 Å². The van der Waals surface area contributed by atoms with Crippen molar-refractivity contribution in [1.82, 2.24) is 4.72 Å². The Labute approximate surface area is 108 Å². The van der Waals surface area contributed by atoms with Crippen LogP contribution in [0.15, 0.2) is 15.7 Å². The Morgan fingerprint density at radius 1 is 1.59 bits per heavy atom. The van der Waals surface area contributed by atoms with E-state index in [0.29, 0.717) is 12.1 Å². The molecular weight excluding hydrogens is 280 g/mol. The highest BCUT2D eigenvalue weighted by molar-refractivity contribution is 7.91. The monoisotopic (exact) mass is 296 g/mol. The molecule has 3 N–H and O–H groups in total. The van der Waals surface area contributed by atoms with E-state index in [1.807, 2.05) is 6.92 Å². The first-order valence-electron chi connectivity index (χ1n) is 4.99. The van der Waals surface area contributed by atoms with Crippen molar-refractivity contribution in [2.45, 2.75) is 22.8 Å². The number of sulfonamides is 1. The summed E-state index contributed by atoms with van der Waals surface area (Å²) in [5.74, 6) is 0. The minimum absolute atomic E-state index is 0.0221. The first kappa shape index (κ1) is 14.6.